The van der Waals surface area contributed by atoms with Crippen LogP contribution in [0.15, 0.2) is 42.1 Å². The highest BCUT2D eigenvalue weighted by Gasteiger charge is 2.27. The molecule has 0 aliphatic carbocycles. The molecule has 1 aromatic heterocycles. The summed E-state index contributed by atoms with van der Waals surface area (Å²) >= 11 is 0. The first-order valence-corrected chi connectivity index (χ1v) is 7.81. The molecule has 6 nitrogen and oxygen atoms in total. The van der Waals surface area contributed by atoms with E-state index >= 15 is 0 Å². The predicted octanol–water partition coefficient (Wildman–Crippen LogP) is 1.49. The first kappa shape index (κ1) is 12.9. The van der Waals surface area contributed by atoms with Crippen molar-refractivity contribution in [2.45, 2.75) is 13.0 Å². The van der Waals surface area contributed by atoms with Crippen molar-refractivity contribution in [2.24, 2.45) is 0 Å². The molecule has 1 aliphatic rings. The van der Waals surface area contributed by atoms with E-state index in [-0.39, 0.29) is 0 Å². The zero-order valence-electron chi connectivity index (χ0n) is 10.8. The summed E-state index contributed by atoms with van der Waals surface area (Å²) in [6.45, 7) is 1.13. The zero-order valence-corrected chi connectivity index (χ0v) is 11.6. The lowest BCUT2D eigenvalue weighted by atomic mass is 10.2. The highest BCUT2D eigenvalue weighted by molar-refractivity contribution is 7.95. The molecule has 20 heavy (non-hydrogen) atoms. The SMILES string of the molecule is O=S(=O)(/C=C\c1ccccc1)N1CCCn2ncnc21. The number of aryl methyl sites for hydroxylation is 1. The molecule has 104 valence electrons. The lowest BCUT2D eigenvalue weighted by Crippen LogP contribution is -2.36. The Morgan fingerprint density at radius 3 is 2.75 bits per heavy atom. The van der Waals surface area contributed by atoms with Crippen LogP contribution in [0.25, 0.3) is 6.08 Å². The summed E-state index contributed by atoms with van der Waals surface area (Å²) in [5.41, 5.74) is 0.842. The Labute approximate surface area is 117 Å². The maximum absolute atomic E-state index is 12.4. The Hall–Kier alpha value is -2.15. The van der Waals surface area contributed by atoms with E-state index in [1.54, 1.807) is 10.8 Å². The molecule has 2 aromatic rings. The number of hydrogen-bond acceptors (Lipinski definition) is 4. The molecule has 2 heterocycles. The fourth-order valence-corrected chi connectivity index (χ4v) is 3.34. The molecule has 0 spiro atoms. The smallest absolute Gasteiger partial charge is 0.234 e. The van der Waals surface area contributed by atoms with E-state index in [0.29, 0.717) is 19.0 Å². The van der Waals surface area contributed by atoms with Gasteiger partial charge in [-0.05, 0) is 18.1 Å². The standard InChI is InChI=1S/C13H14N4O2S/c18-20(19,10-7-12-5-2-1-3-6-12)17-9-4-8-16-13(17)14-11-15-16/h1-3,5-7,10-11H,4,8-9H2/b10-7-. The van der Waals surface area contributed by atoms with Gasteiger partial charge in [-0.1, -0.05) is 30.3 Å². The first-order valence-electron chi connectivity index (χ1n) is 6.30. The van der Waals surface area contributed by atoms with Gasteiger partial charge in [0.15, 0.2) is 0 Å². The van der Waals surface area contributed by atoms with Crippen molar-refractivity contribution in [3.8, 4) is 0 Å². The van der Waals surface area contributed by atoms with E-state index in [0.717, 1.165) is 12.0 Å². The number of rotatable bonds is 3. The minimum absolute atomic E-state index is 0.383. The second-order valence-corrected chi connectivity index (χ2v) is 6.21. The van der Waals surface area contributed by atoms with Gasteiger partial charge in [0.1, 0.15) is 6.33 Å². The highest BCUT2D eigenvalue weighted by Crippen LogP contribution is 2.21. The summed E-state index contributed by atoms with van der Waals surface area (Å²) < 4.78 is 27.7. The van der Waals surface area contributed by atoms with Crippen molar-refractivity contribution in [2.75, 3.05) is 10.8 Å². The maximum atomic E-state index is 12.4. The fourth-order valence-electron chi connectivity index (χ4n) is 2.12. The van der Waals surface area contributed by atoms with Crippen molar-refractivity contribution in [1.82, 2.24) is 14.8 Å². The van der Waals surface area contributed by atoms with E-state index in [4.69, 9.17) is 0 Å². The number of hydrogen-bond donors (Lipinski definition) is 0. The van der Waals surface area contributed by atoms with Gasteiger partial charge in [-0.25, -0.2) is 17.4 Å². The van der Waals surface area contributed by atoms with Crippen LogP contribution in [0.5, 0.6) is 0 Å². The van der Waals surface area contributed by atoms with E-state index < -0.39 is 10.0 Å². The van der Waals surface area contributed by atoms with Crippen LogP contribution < -0.4 is 4.31 Å². The van der Waals surface area contributed by atoms with E-state index in [9.17, 15) is 8.42 Å². The molecule has 0 saturated heterocycles. The molecule has 0 amide bonds. The van der Waals surface area contributed by atoms with E-state index in [1.807, 2.05) is 30.3 Å². The van der Waals surface area contributed by atoms with Crippen molar-refractivity contribution in [1.29, 1.82) is 0 Å². The topological polar surface area (TPSA) is 68.1 Å². The summed E-state index contributed by atoms with van der Waals surface area (Å²) in [7, 11) is -3.54. The Morgan fingerprint density at radius 1 is 1.15 bits per heavy atom. The summed E-state index contributed by atoms with van der Waals surface area (Å²) in [5.74, 6) is 0.383. The maximum Gasteiger partial charge on any atom is 0.259 e. The fraction of sp³-hybridized carbons (Fsp3) is 0.231. The van der Waals surface area contributed by atoms with Crippen LogP contribution in [0.1, 0.15) is 12.0 Å². The molecule has 0 bridgehead atoms. The van der Waals surface area contributed by atoms with Crippen LogP contribution in [0.4, 0.5) is 5.95 Å². The van der Waals surface area contributed by atoms with Gasteiger partial charge in [-0.3, -0.25) is 0 Å². The van der Waals surface area contributed by atoms with Crippen LogP contribution in [-0.2, 0) is 16.6 Å². The number of sulfonamides is 1. The third kappa shape index (κ3) is 2.44. The van der Waals surface area contributed by atoms with Crippen LogP contribution in [-0.4, -0.2) is 29.7 Å². The monoisotopic (exact) mass is 290 g/mol. The van der Waals surface area contributed by atoms with Crippen LogP contribution >= 0.6 is 0 Å². The molecule has 0 radical (unpaired) electrons. The largest absolute Gasteiger partial charge is 0.259 e. The Balaban J connectivity index is 1.89. The van der Waals surface area contributed by atoms with Gasteiger partial charge in [0.2, 0.25) is 5.95 Å². The Morgan fingerprint density at radius 2 is 1.95 bits per heavy atom. The highest BCUT2D eigenvalue weighted by atomic mass is 32.2. The van der Waals surface area contributed by atoms with Crippen molar-refractivity contribution in [3.05, 3.63) is 47.6 Å². The van der Waals surface area contributed by atoms with Crippen molar-refractivity contribution < 1.29 is 8.42 Å². The summed E-state index contributed by atoms with van der Waals surface area (Å²) in [4.78, 5) is 4.02. The quantitative estimate of drug-likeness (QED) is 0.859. The number of aromatic nitrogens is 3. The summed E-state index contributed by atoms with van der Waals surface area (Å²) in [6.07, 6.45) is 3.70. The second-order valence-electron chi connectivity index (χ2n) is 4.47. The van der Waals surface area contributed by atoms with Gasteiger partial charge in [0.25, 0.3) is 10.0 Å². The third-order valence-corrected chi connectivity index (χ3v) is 4.53. The molecule has 0 fully saturated rings. The van der Waals surface area contributed by atoms with Crippen LogP contribution in [0, 0.1) is 0 Å². The Kier molecular flexibility index (Phi) is 3.27. The van der Waals surface area contributed by atoms with Gasteiger partial charge in [0, 0.05) is 13.1 Å². The van der Waals surface area contributed by atoms with Gasteiger partial charge < -0.3 is 0 Å². The number of benzene rings is 1. The molecule has 0 unspecified atom stereocenters. The molecule has 3 rings (SSSR count). The van der Waals surface area contributed by atoms with Gasteiger partial charge in [-0.15, -0.1) is 0 Å². The van der Waals surface area contributed by atoms with E-state index in [1.165, 1.54) is 16.0 Å². The molecule has 1 aliphatic heterocycles. The molecule has 0 saturated carbocycles. The summed E-state index contributed by atoms with van der Waals surface area (Å²) in [5, 5.41) is 5.23. The minimum Gasteiger partial charge on any atom is -0.234 e. The minimum atomic E-state index is -3.54. The molecule has 0 atom stereocenters. The number of anilines is 1. The Bertz CT molecular complexity index is 722. The molecular formula is C13H14N4O2S. The molecule has 7 heteroatoms. The van der Waals surface area contributed by atoms with Gasteiger partial charge >= 0.3 is 0 Å². The van der Waals surface area contributed by atoms with E-state index in [2.05, 4.69) is 10.1 Å². The van der Waals surface area contributed by atoms with Crippen molar-refractivity contribution in [3.63, 3.8) is 0 Å². The third-order valence-electron chi connectivity index (χ3n) is 3.09. The average Bonchev–Trinajstić information content (AvgIpc) is 2.94. The molecule has 1 aromatic carbocycles. The number of nitrogens with zero attached hydrogens (tertiary/aromatic N) is 4. The van der Waals surface area contributed by atoms with Crippen LogP contribution in [0.3, 0.4) is 0 Å². The van der Waals surface area contributed by atoms with Gasteiger partial charge in [-0.2, -0.15) is 10.1 Å². The second kappa shape index (κ2) is 5.09. The van der Waals surface area contributed by atoms with Crippen LogP contribution in [0.2, 0.25) is 0 Å². The van der Waals surface area contributed by atoms with Gasteiger partial charge in [0.05, 0.1) is 5.41 Å². The predicted molar refractivity (Wildman–Crippen MR) is 76.4 cm³/mol. The van der Waals surface area contributed by atoms with Crippen molar-refractivity contribution >= 4 is 22.0 Å². The summed E-state index contributed by atoms with van der Waals surface area (Å²) in [6, 6.07) is 9.32. The first-order chi connectivity index (χ1) is 9.67. The molecular weight excluding hydrogens is 276 g/mol. The average molecular weight is 290 g/mol. The normalized spacial score (nSPS) is 15.5. The lowest BCUT2D eigenvalue weighted by molar-refractivity contribution is 0.533. The lowest BCUT2D eigenvalue weighted by Gasteiger charge is -2.25. The zero-order chi connectivity index (χ0) is 14.0. The molecule has 0 N–H and O–H groups in total. The number of fused-ring (bicyclic) bond motifs is 1.